The summed E-state index contributed by atoms with van der Waals surface area (Å²) in [6.45, 7) is 3.37. The number of ketones is 1. The molecule has 0 aliphatic rings. The lowest BCUT2D eigenvalue weighted by Gasteiger charge is -2.15. The van der Waals surface area contributed by atoms with E-state index in [4.69, 9.17) is 9.57 Å². The minimum Gasteiger partial charge on any atom is -0.451 e. The molecule has 0 spiro atoms. The van der Waals surface area contributed by atoms with Crippen LogP contribution in [0, 0.1) is 6.92 Å². The van der Waals surface area contributed by atoms with Gasteiger partial charge in [0.2, 0.25) is 5.78 Å². The fourth-order valence-corrected chi connectivity index (χ4v) is 3.28. The number of ether oxygens (including phenoxy) is 1. The van der Waals surface area contributed by atoms with Gasteiger partial charge < -0.3 is 4.74 Å². The summed E-state index contributed by atoms with van der Waals surface area (Å²) < 4.78 is 30.4. The number of sulfonamides is 1. The van der Waals surface area contributed by atoms with Crippen molar-refractivity contribution in [2.75, 3.05) is 14.2 Å². The SMILES string of the molecule is CON(C)S(=O)(=O)c1cccc(C(=O)OC(C)C(=O)c2ccc(C)cc2)c1. The summed E-state index contributed by atoms with van der Waals surface area (Å²) >= 11 is 0. The van der Waals surface area contributed by atoms with E-state index in [1.807, 2.05) is 6.92 Å². The predicted molar refractivity (Wildman–Crippen MR) is 98.8 cm³/mol. The van der Waals surface area contributed by atoms with Crippen molar-refractivity contribution in [1.29, 1.82) is 0 Å². The van der Waals surface area contributed by atoms with Gasteiger partial charge in [-0.05, 0) is 32.0 Å². The highest BCUT2D eigenvalue weighted by atomic mass is 32.2. The van der Waals surface area contributed by atoms with E-state index < -0.39 is 22.1 Å². The number of hydrogen-bond acceptors (Lipinski definition) is 6. The highest BCUT2D eigenvalue weighted by Gasteiger charge is 2.24. The Labute approximate surface area is 158 Å². The van der Waals surface area contributed by atoms with Crippen LogP contribution in [0.2, 0.25) is 0 Å². The summed E-state index contributed by atoms with van der Waals surface area (Å²) in [6, 6.07) is 12.3. The fraction of sp³-hybridized carbons (Fsp3) is 0.263. The number of nitrogens with zero attached hydrogens (tertiary/aromatic N) is 1. The summed E-state index contributed by atoms with van der Waals surface area (Å²) in [5.74, 6) is -1.13. The number of carbonyl (C=O) groups excluding carboxylic acids is 2. The Bertz CT molecular complexity index is 937. The Balaban J connectivity index is 2.17. The van der Waals surface area contributed by atoms with Gasteiger partial charge in [-0.2, -0.15) is 0 Å². The molecule has 0 N–H and O–H groups in total. The number of hydrogen-bond donors (Lipinski definition) is 0. The van der Waals surface area contributed by atoms with Crippen molar-refractivity contribution < 1.29 is 27.6 Å². The predicted octanol–water partition coefficient (Wildman–Crippen LogP) is 2.61. The number of Topliss-reactive ketones (excluding diaryl/α,β-unsaturated/α-hetero) is 1. The molecule has 2 rings (SSSR count). The monoisotopic (exact) mass is 391 g/mol. The van der Waals surface area contributed by atoms with Crippen LogP contribution in [-0.2, 0) is 19.6 Å². The third-order valence-electron chi connectivity index (χ3n) is 3.95. The van der Waals surface area contributed by atoms with Crippen LogP contribution in [0.5, 0.6) is 0 Å². The van der Waals surface area contributed by atoms with Crippen molar-refractivity contribution in [1.82, 2.24) is 4.47 Å². The van der Waals surface area contributed by atoms with E-state index in [1.165, 1.54) is 45.3 Å². The second-order valence-electron chi connectivity index (χ2n) is 5.90. The third kappa shape index (κ3) is 4.79. The quantitative estimate of drug-likeness (QED) is 0.409. The van der Waals surface area contributed by atoms with Crippen molar-refractivity contribution in [3.63, 3.8) is 0 Å². The van der Waals surface area contributed by atoms with Crippen LogP contribution in [0.15, 0.2) is 53.4 Å². The van der Waals surface area contributed by atoms with Crippen molar-refractivity contribution in [3.05, 3.63) is 65.2 Å². The number of esters is 1. The molecule has 0 fully saturated rings. The van der Waals surface area contributed by atoms with Crippen molar-refractivity contribution in [2.45, 2.75) is 24.8 Å². The van der Waals surface area contributed by atoms with Gasteiger partial charge in [0.05, 0.1) is 17.6 Å². The van der Waals surface area contributed by atoms with E-state index in [-0.39, 0.29) is 16.2 Å². The Morgan fingerprint density at radius 1 is 1.04 bits per heavy atom. The molecule has 0 amide bonds. The molecule has 144 valence electrons. The van der Waals surface area contributed by atoms with Gasteiger partial charge in [-0.3, -0.25) is 9.63 Å². The molecule has 0 heterocycles. The minimum atomic E-state index is -3.90. The Hall–Kier alpha value is -2.55. The summed E-state index contributed by atoms with van der Waals surface area (Å²) in [7, 11) is -1.45. The second-order valence-corrected chi connectivity index (χ2v) is 7.84. The molecule has 1 atom stereocenters. The molecule has 2 aromatic rings. The van der Waals surface area contributed by atoms with Crippen LogP contribution in [-0.4, -0.2) is 44.9 Å². The van der Waals surface area contributed by atoms with Crippen LogP contribution in [0.25, 0.3) is 0 Å². The molecule has 8 heteroatoms. The van der Waals surface area contributed by atoms with E-state index >= 15 is 0 Å². The number of benzene rings is 2. The Morgan fingerprint density at radius 2 is 1.67 bits per heavy atom. The van der Waals surface area contributed by atoms with E-state index in [0.29, 0.717) is 10.0 Å². The van der Waals surface area contributed by atoms with Gasteiger partial charge in [-0.15, -0.1) is 0 Å². The van der Waals surface area contributed by atoms with Crippen LogP contribution < -0.4 is 0 Å². The normalized spacial score (nSPS) is 12.6. The number of aryl methyl sites for hydroxylation is 1. The first-order valence-electron chi connectivity index (χ1n) is 8.11. The zero-order valence-electron chi connectivity index (χ0n) is 15.5. The zero-order chi connectivity index (χ0) is 20.2. The van der Waals surface area contributed by atoms with Crippen LogP contribution in [0.3, 0.4) is 0 Å². The smallest absolute Gasteiger partial charge is 0.338 e. The van der Waals surface area contributed by atoms with E-state index in [9.17, 15) is 18.0 Å². The first-order valence-corrected chi connectivity index (χ1v) is 9.55. The fourth-order valence-electron chi connectivity index (χ4n) is 2.26. The van der Waals surface area contributed by atoms with Gasteiger partial charge in [-0.25, -0.2) is 13.2 Å². The van der Waals surface area contributed by atoms with E-state index in [2.05, 4.69) is 0 Å². The van der Waals surface area contributed by atoms with E-state index in [1.54, 1.807) is 24.3 Å². The molecule has 0 saturated heterocycles. The number of rotatable bonds is 7. The molecule has 0 saturated carbocycles. The molecule has 0 bridgehead atoms. The largest absolute Gasteiger partial charge is 0.451 e. The lowest BCUT2D eigenvalue weighted by Crippen LogP contribution is -2.26. The average Bonchev–Trinajstić information content (AvgIpc) is 2.67. The summed E-state index contributed by atoms with van der Waals surface area (Å²) in [4.78, 5) is 29.3. The summed E-state index contributed by atoms with van der Waals surface area (Å²) in [5.41, 5.74) is 1.46. The Morgan fingerprint density at radius 3 is 2.26 bits per heavy atom. The summed E-state index contributed by atoms with van der Waals surface area (Å²) in [5, 5.41) is 0. The maximum atomic E-state index is 12.4. The maximum Gasteiger partial charge on any atom is 0.338 e. The van der Waals surface area contributed by atoms with Gasteiger partial charge in [0.25, 0.3) is 10.0 Å². The van der Waals surface area contributed by atoms with Crippen LogP contribution >= 0.6 is 0 Å². The van der Waals surface area contributed by atoms with Crippen LogP contribution in [0.4, 0.5) is 0 Å². The molecule has 0 aliphatic heterocycles. The lowest BCUT2D eigenvalue weighted by molar-refractivity contribution is -0.0258. The highest BCUT2D eigenvalue weighted by Crippen LogP contribution is 2.17. The molecule has 27 heavy (non-hydrogen) atoms. The topological polar surface area (TPSA) is 90.0 Å². The average molecular weight is 391 g/mol. The molecule has 2 aromatic carbocycles. The molecule has 0 radical (unpaired) electrons. The van der Waals surface area contributed by atoms with Crippen molar-refractivity contribution in [2.24, 2.45) is 0 Å². The minimum absolute atomic E-state index is 0.0177. The number of hydroxylamine groups is 1. The molecule has 1 unspecified atom stereocenters. The van der Waals surface area contributed by atoms with Gasteiger partial charge in [0.15, 0.2) is 6.10 Å². The molecular weight excluding hydrogens is 370 g/mol. The molecule has 0 aromatic heterocycles. The van der Waals surface area contributed by atoms with Gasteiger partial charge in [-0.1, -0.05) is 40.4 Å². The zero-order valence-corrected chi connectivity index (χ0v) is 16.3. The summed E-state index contributed by atoms with van der Waals surface area (Å²) in [6.07, 6.45) is -1.01. The lowest BCUT2D eigenvalue weighted by atomic mass is 10.1. The first-order chi connectivity index (χ1) is 12.7. The third-order valence-corrected chi connectivity index (χ3v) is 5.63. The van der Waals surface area contributed by atoms with Crippen molar-refractivity contribution in [3.8, 4) is 0 Å². The number of carbonyl (C=O) groups is 2. The molecule has 7 nitrogen and oxygen atoms in total. The van der Waals surface area contributed by atoms with Crippen molar-refractivity contribution >= 4 is 21.8 Å². The molecular formula is C19H21NO6S. The van der Waals surface area contributed by atoms with Gasteiger partial charge in [0.1, 0.15) is 0 Å². The van der Waals surface area contributed by atoms with E-state index in [0.717, 1.165) is 5.56 Å². The second kappa shape index (κ2) is 8.43. The van der Waals surface area contributed by atoms with Crippen LogP contribution in [0.1, 0.15) is 33.2 Å². The first kappa shape index (κ1) is 20.8. The highest BCUT2D eigenvalue weighted by molar-refractivity contribution is 7.89. The Kier molecular flexibility index (Phi) is 6.48. The van der Waals surface area contributed by atoms with Gasteiger partial charge >= 0.3 is 5.97 Å². The molecule has 0 aliphatic carbocycles. The van der Waals surface area contributed by atoms with Gasteiger partial charge in [0, 0.05) is 12.6 Å². The standard InChI is InChI=1S/C19H21NO6S/c1-13-8-10-15(11-9-13)18(21)14(2)26-19(22)16-6-5-7-17(12-16)27(23,24)20(3)25-4/h5-12,14H,1-4H3. The maximum absolute atomic E-state index is 12.4.